The Morgan fingerprint density at radius 1 is 2.00 bits per heavy atom. The van der Waals surface area contributed by atoms with E-state index in [2.05, 4.69) is 0 Å². The van der Waals surface area contributed by atoms with Crippen LogP contribution in [-0.2, 0) is 0 Å². The topological polar surface area (TPSA) is 20.2 Å². The predicted octanol–water partition coefficient (Wildman–Crippen LogP) is 0.479. The standard InChI is InChI=1S/C2H6BOP/c1-2-5(3)4/h4H,2H2,1H3. The van der Waals surface area contributed by atoms with Gasteiger partial charge >= 0.3 is 32.5 Å². The van der Waals surface area contributed by atoms with Crippen molar-refractivity contribution >= 4 is 14.5 Å². The Hall–Kier alpha value is 0.325. The van der Waals surface area contributed by atoms with Crippen LogP contribution in [0.1, 0.15) is 6.92 Å². The molecular weight excluding hydrogens is 81.8 g/mol. The van der Waals surface area contributed by atoms with E-state index in [0.717, 1.165) is 0 Å². The molecule has 0 heterocycles. The molecule has 5 heavy (non-hydrogen) atoms. The summed E-state index contributed by atoms with van der Waals surface area (Å²) >= 11 is 0. The van der Waals surface area contributed by atoms with E-state index in [1.165, 1.54) is 0 Å². The average Bonchev–Trinajstić information content (AvgIpc) is 1.38. The molecule has 1 N–H and O–H groups in total. The van der Waals surface area contributed by atoms with Crippen LogP contribution in [0.25, 0.3) is 0 Å². The van der Waals surface area contributed by atoms with Crippen LogP contribution < -0.4 is 0 Å². The Balaban J connectivity index is 2.97. The summed E-state index contributed by atoms with van der Waals surface area (Å²) in [7, 11) is 3.81. The van der Waals surface area contributed by atoms with Gasteiger partial charge in [0, 0.05) is 0 Å². The molecule has 0 saturated carbocycles. The van der Waals surface area contributed by atoms with E-state index in [-0.39, 0.29) is 0 Å². The normalized spacial score (nSPS) is 11.6. The minimum atomic E-state index is -1.10. The number of hydrogen-bond donors (Lipinski definition) is 1. The fourth-order valence-electron chi connectivity index (χ4n) is 0. The van der Waals surface area contributed by atoms with Crippen LogP contribution >= 0.6 is 7.46 Å². The van der Waals surface area contributed by atoms with Crippen LogP contribution in [0.3, 0.4) is 0 Å². The Kier molecular flexibility index (Phi) is 2.72. The molecule has 28 valence electrons. The summed E-state index contributed by atoms with van der Waals surface area (Å²) in [5.74, 6) is 0. The van der Waals surface area contributed by atoms with Gasteiger partial charge in [-0.15, -0.1) is 0 Å². The molecule has 0 aliphatic heterocycles. The summed E-state index contributed by atoms with van der Waals surface area (Å²) in [5.41, 5.74) is 0. The van der Waals surface area contributed by atoms with Crippen LogP contribution in [0.4, 0.5) is 0 Å². The zero-order valence-electron chi connectivity index (χ0n) is 3.18. The van der Waals surface area contributed by atoms with Crippen molar-refractivity contribution in [2.24, 2.45) is 0 Å². The Labute approximate surface area is 33.5 Å². The molecule has 1 atom stereocenters. The monoisotopic (exact) mass is 88.0 g/mol. The summed E-state index contributed by atoms with van der Waals surface area (Å²) in [5, 5.41) is 0. The van der Waals surface area contributed by atoms with Crippen molar-refractivity contribution in [1.82, 2.24) is 0 Å². The summed E-state index contributed by atoms with van der Waals surface area (Å²) in [4.78, 5) is 8.20. The van der Waals surface area contributed by atoms with Crippen molar-refractivity contribution < 1.29 is 4.89 Å². The molecule has 3 heteroatoms. The van der Waals surface area contributed by atoms with E-state index >= 15 is 0 Å². The van der Waals surface area contributed by atoms with Crippen molar-refractivity contribution in [2.75, 3.05) is 6.16 Å². The van der Waals surface area contributed by atoms with Gasteiger partial charge in [0.1, 0.15) is 0 Å². The molecule has 0 saturated heterocycles. The average molecular weight is 87.9 g/mol. The van der Waals surface area contributed by atoms with Gasteiger partial charge in [0.2, 0.25) is 0 Å². The van der Waals surface area contributed by atoms with Crippen molar-refractivity contribution in [3.8, 4) is 0 Å². The molecule has 1 nitrogen and oxygen atoms in total. The van der Waals surface area contributed by atoms with Crippen molar-refractivity contribution in [1.29, 1.82) is 0 Å². The first kappa shape index (κ1) is 5.32. The first-order valence-electron chi connectivity index (χ1n) is 1.48. The number of rotatable bonds is 0. The quantitative estimate of drug-likeness (QED) is 0.337. The Morgan fingerprint density at radius 2 is 2.20 bits per heavy atom. The molecule has 0 fully saturated rings. The second-order valence-electron chi connectivity index (χ2n) is 0.756. The van der Waals surface area contributed by atoms with Gasteiger partial charge in [-0.05, 0) is 0 Å². The molecule has 0 aromatic heterocycles. The van der Waals surface area contributed by atoms with E-state index in [9.17, 15) is 0 Å². The van der Waals surface area contributed by atoms with E-state index in [1.807, 2.05) is 6.92 Å². The maximum absolute atomic E-state index is 8.20. The van der Waals surface area contributed by atoms with Gasteiger partial charge in [0.05, 0.1) is 0 Å². The van der Waals surface area contributed by atoms with Crippen molar-refractivity contribution in [3.05, 3.63) is 0 Å². The van der Waals surface area contributed by atoms with Gasteiger partial charge in [-0.2, -0.15) is 0 Å². The van der Waals surface area contributed by atoms with E-state index in [0.29, 0.717) is 6.16 Å². The molecular formula is C2H6BOP. The molecule has 0 aliphatic rings. The Bertz CT molecular complexity index is 71.5. The molecule has 0 aliphatic carbocycles. The fourth-order valence-corrected chi connectivity index (χ4v) is 0. The zero-order chi connectivity index (χ0) is 4.28. The van der Waals surface area contributed by atoms with Gasteiger partial charge < -0.3 is 0 Å². The second kappa shape index (κ2) is 2.56. The summed E-state index contributed by atoms with van der Waals surface area (Å²) in [6.45, 7) is 1.85. The van der Waals surface area contributed by atoms with Crippen LogP contribution in [0, 0.1) is 0 Å². The van der Waals surface area contributed by atoms with Gasteiger partial charge in [0.15, 0.2) is 0 Å². The third-order valence-corrected chi connectivity index (χ3v) is 0.972. The Morgan fingerprint density at radius 3 is 2.20 bits per heavy atom. The van der Waals surface area contributed by atoms with Crippen LogP contribution in [0.2, 0.25) is 0 Å². The summed E-state index contributed by atoms with van der Waals surface area (Å²) < 4.78 is 0. The summed E-state index contributed by atoms with van der Waals surface area (Å²) in [6.07, 6.45) is 0.704. The van der Waals surface area contributed by atoms with E-state index in [4.69, 9.17) is 11.9 Å². The number of hydrogen-bond acceptors (Lipinski definition) is 1. The van der Waals surface area contributed by atoms with E-state index in [1.54, 1.807) is 0 Å². The molecule has 0 rings (SSSR count). The van der Waals surface area contributed by atoms with E-state index < -0.39 is 7.46 Å². The van der Waals surface area contributed by atoms with Crippen molar-refractivity contribution in [2.45, 2.75) is 6.92 Å². The van der Waals surface area contributed by atoms with Gasteiger partial charge in [0.25, 0.3) is 0 Å². The fraction of sp³-hybridized carbons (Fsp3) is 1.00. The summed E-state index contributed by atoms with van der Waals surface area (Å²) in [6, 6.07) is 0. The zero-order valence-corrected chi connectivity index (χ0v) is 4.07. The van der Waals surface area contributed by atoms with Crippen LogP contribution in [-0.4, -0.2) is 18.1 Å². The second-order valence-corrected chi connectivity index (χ2v) is 2.27. The maximum atomic E-state index is 8.20. The molecule has 0 spiro atoms. The molecule has 0 aromatic carbocycles. The molecule has 0 radical (unpaired) electrons. The molecule has 0 aromatic rings. The van der Waals surface area contributed by atoms with Crippen molar-refractivity contribution in [3.63, 3.8) is 0 Å². The molecule has 0 amide bonds. The third kappa shape index (κ3) is 4.32. The molecule has 1 unspecified atom stereocenters. The molecule has 0 bridgehead atoms. The minimum absolute atomic E-state index is 0.704. The van der Waals surface area contributed by atoms with Gasteiger partial charge in [-0.1, -0.05) is 0 Å². The first-order chi connectivity index (χ1) is 2.27. The van der Waals surface area contributed by atoms with Gasteiger partial charge in [-0.3, -0.25) is 0 Å². The van der Waals surface area contributed by atoms with Crippen LogP contribution in [0.15, 0.2) is 0 Å². The SMILES string of the molecule is B#P(O)CC. The third-order valence-electron chi connectivity index (χ3n) is 0.324. The van der Waals surface area contributed by atoms with Gasteiger partial charge in [-0.25, -0.2) is 0 Å². The van der Waals surface area contributed by atoms with Crippen LogP contribution in [0.5, 0.6) is 0 Å². The first-order valence-corrected chi connectivity index (χ1v) is 3.03. The predicted molar refractivity (Wildman–Crippen MR) is 25.4 cm³/mol.